The molecule has 0 atom stereocenters. The number of hydrogen-bond acceptors (Lipinski definition) is 4. The van der Waals surface area contributed by atoms with Crippen molar-refractivity contribution in [1.82, 2.24) is 10.2 Å². The molecule has 1 aromatic heterocycles. The predicted octanol–water partition coefficient (Wildman–Crippen LogP) is 1.37. The molecule has 0 amide bonds. The number of carboxylic acid groups (broad SMARTS) is 1. The first kappa shape index (κ1) is 11.0. The second kappa shape index (κ2) is 4.17. The minimum absolute atomic E-state index is 0.0184. The number of H-pyrrole nitrogens is 1. The molecule has 0 aliphatic rings. The Morgan fingerprint density at radius 3 is 2.59 bits per heavy atom. The molecule has 0 aliphatic heterocycles. The highest BCUT2D eigenvalue weighted by Gasteiger charge is 2.18. The summed E-state index contributed by atoms with van der Waals surface area (Å²) < 4.78 is 5.02. The van der Waals surface area contributed by atoms with Gasteiger partial charge in [0.25, 0.3) is 0 Å². The number of methoxy groups -OCH3 is 1. The molecule has 6 heteroatoms. The van der Waals surface area contributed by atoms with Gasteiger partial charge in [0.05, 0.1) is 12.8 Å². The molecule has 0 spiro atoms. The fourth-order valence-corrected chi connectivity index (χ4v) is 1.54. The lowest BCUT2D eigenvalue weighted by molar-refractivity contribution is 0.0699. The molecule has 0 saturated heterocycles. The molecule has 88 valence electrons. The van der Waals surface area contributed by atoms with E-state index in [1.54, 1.807) is 31.4 Å². The van der Waals surface area contributed by atoms with Crippen LogP contribution < -0.4 is 10.5 Å². The Bertz CT molecular complexity index is 546. The lowest BCUT2D eigenvalue weighted by atomic mass is 10.1. The summed E-state index contributed by atoms with van der Waals surface area (Å²) in [4.78, 5) is 11.0. The van der Waals surface area contributed by atoms with Gasteiger partial charge in [-0.1, -0.05) is 0 Å². The standard InChI is InChI=1S/C11H11N3O3/c1-17-7-4-2-6(3-5-7)9-8(11(15)16)10(12)14-13-9/h2-5H,1H3,(H,15,16)(H3,12,13,14). The van der Waals surface area contributed by atoms with Crippen LogP contribution in [0.3, 0.4) is 0 Å². The first-order valence-electron chi connectivity index (χ1n) is 4.85. The van der Waals surface area contributed by atoms with E-state index in [0.717, 1.165) is 0 Å². The van der Waals surface area contributed by atoms with Gasteiger partial charge in [0.2, 0.25) is 0 Å². The number of aromatic amines is 1. The number of ether oxygens (including phenoxy) is 1. The largest absolute Gasteiger partial charge is 0.497 e. The lowest BCUT2D eigenvalue weighted by Crippen LogP contribution is -2.01. The van der Waals surface area contributed by atoms with Crippen LogP contribution in [0, 0.1) is 0 Å². The zero-order valence-corrected chi connectivity index (χ0v) is 9.10. The highest BCUT2D eigenvalue weighted by atomic mass is 16.5. The maximum Gasteiger partial charge on any atom is 0.341 e. The summed E-state index contributed by atoms with van der Waals surface area (Å²) in [7, 11) is 1.56. The number of aromatic nitrogens is 2. The van der Waals surface area contributed by atoms with E-state index in [-0.39, 0.29) is 11.4 Å². The van der Waals surface area contributed by atoms with E-state index in [2.05, 4.69) is 10.2 Å². The third-order valence-corrected chi connectivity index (χ3v) is 2.39. The van der Waals surface area contributed by atoms with Crippen LogP contribution in [0.4, 0.5) is 5.82 Å². The third kappa shape index (κ3) is 1.92. The summed E-state index contributed by atoms with van der Waals surface area (Å²) in [5.41, 5.74) is 6.54. The zero-order chi connectivity index (χ0) is 12.4. The van der Waals surface area contributed by atoms with Gasteiger partial charge in [-0.05, 0) is 24.3 Å². The van der Waals surface area contributed by atoms with E-state index in [0.29, 0.717) is 17.0 Å². The monoisotopic (exact) mass is 233 g/mol. The van der Waals surface area contributed by atoms with Crippen molar-refractivity contribution in [1.29, 1.82) is 0 Å². The Balaban J connectivity index is 2.49. The molecule has 0 aliphatic carbocycles. The molecule has 1 heterocycles. The van der Waals surface area contributed by atoms with Crippen LogP contribution in [-0.2, 0) is 0 Å². The van der Waals surface area contributed by atoms with Crippen molar-refractivity contribution in [2.75, 3.05) is 12.8 Å². The van der Waals surface area contributed by atoms with Gasteiger partial charge >= 0.3 is 5.97 Å². The van der Waals surface area contributed by atoms with E-state index in [4.69, 9.17) is 15.6 Å². The van der Waals surface area contributed by atoms with Crippen LogP contribution in [0.1, 0.15) is 10.4 Å². The van der Waals surface area contributed by atoms with Crippen molar-refractivity contribution in [3.8, 4) is 17.0 Å². The van der Waals surface area contributed by atoms with Gasteiger partial charge in [-0.15, -0.1) is 0 Å². The van der Waals surface area contributed by atoms with Crippen molar-refractivity contribution in [3.63, 3.8) is 0 Å². The molecule has 17 heavy (non-hydrogen) atoms. The number of nitrogens with one attached hydrogen (secondary N) is 1. The first-order chi connectivity index (χ1) is 8.13. The number of aromatic carboxylic acids is 1. The number of hydrogen-bond donors (Lipinski definition) is 3. The summed E-state index contributed by atoms with van der Waals surface area (Å²) >= 11 is 0. The fourth-order valence-electron chi connectivity index (χ4n) is 1.54. The quantitative estimate of drug-likeness (QED) is 0.743. The maximum atomic E-state index is 11.0. The van der Waals surface area contributed by atoms with E-state index in [9.17, 15) is 4.79 Å². The smallest absolute Gasteiger partial charge is 0.341 e. The molecule has 0 saturated carbocycles. The minimum Gasteiger partial charge on any atom is -0.497 e. The van der Waals surface area contributed by atoms with Crippen LogP contribution in [0.15, 0.2) is 24.3 Å². The van der Waals surface area contributed by atoms with Crippen molar-refractivity contribution in [3.05, 3.63) is 29.8 Å². The molecular formula is C11H11N3O3. The van der Waals surface area contributed by atoms with E-state index in [1.807, 2.05) is 0 Å². The van der Waals surface area contributed by atoms with Crippen LogP contribution in [0.2, 0.25) is 0 Å². The molecule has 6 nitrogen and oxygen atoms in total. The second-order valence-corrected chi connectivity index (χ2v) is 3.39. The van der Waals surface area contributed by atoms with Gasteiger partial charge < -0.3 is 15.6 Å². The highest BCUT2D eigenvalue weighted by molar-refractivity contribution is 5.99. The summed E-state index contributed by atoms with van der Waals surface area (Å²) in [6.07, 6.45) is 0. The molecule has 0 bridgehead atoms. The molecule has 0 unspecified atom stereocenters. The average molecular weight is 233 g/mol. The van der Waals surface area contributed by atoms with Crippen LogP contribution in [0.5, 0.6) is 5.75 Å². The summed E-state index contributed by atoms with van der Waals surface area (Å²) in [6.45, 7) is 0. The Kier molecular flexibility index (Phi) is 2.70. The third-order valence-electron chi connectivity index (χ3n) is 2.39. The number of carboxylic acids is 1. The summed E-state index contributed by atoms with van der Waals surface area (Å²) in [6, 6.07) is 6.94. The topological polar surface area (TPSA) is 101 Å². The van der Waals surface area contributed by atoms with Gasteiger partial charge in [-0.3, -0.25) is 5.10 Å². The SMILES string of the molecule is COc1ccc(-c2[nH]nc(N)c2C(=O)O)cc1. The van der Waals surface area contributed by atoms with Crippen molar-refractivity contribution >= 4 is 11.8 Å². The second-order valence-electron chi connectivity index (χ2n) is 3.39. The van der Waals surface area contributed by atoms with E-state index < -0.39 is 5.97 Å². The molecule has 2 rings (SSSR count). The Morgan fingerprint density at radius 1 is 1.41 bits per heavy atom. The molecule has 2 aromatic rings. The summed E-state index contributed by atoms with van der Waals surface area (Å²) in [5, 5.41) is 15.3. The average Bonchev–Trinajstić information content (AvgIpc) is 2.71. The van der Waals surface area contributed by atoms with Gasteiger partial charge in [0.15, 0.2) is 5.82 Å². The van der Waals surface area contributed by atoms with E-state index >= 15 is 0 Å². The van der Waals surface area contributed by atoms with Gasteiger partial charge in [-0.25, -0.2) is 4.79 Å². The predicted molar refractivity (Wildman–Crippen MR) is 61.9 cm³/mol. The Hall–Kier alpha value is -2.50. The highest BCUT2D eigenvalue weighted by Crippen LogP contribution is 2.26. The van der Waals surface area contributed by atoms with Crippen molar-refractivity contribution in [2.45, 2.75) is 0 Å². The Morgan fingerprint density at radius 2 is 2.06 bits per heavy atom. The maximum absolute atomic E-state index is 11.0. The van der Waals surface area contributed by atoms with Crippen molar-refractivity contribution < 1.29 is 14.6 Å². The molecule has 4 N–H and O–H groups in total. The van der Waals surface area contributed by atoms with Gasteiger partial charge in [-0.2, -0.15) is 5.10 Å². The molecule has 1 aromatic carbocycles. The molecular weight excluding hydrogens is 222 g/mol. The number of rotatable bonds is 3. The molecule has 0 radical (unpaired) electrons. The first-order valence-corrected chi connectivity index (χ1v) is 4.85. The van der Waals surface area contributed by atoms with Crippen LogP contribution >= 0.6 is 0 Å². The Labute approximate surface area is 97.0 Å². The number of carbonyl (C=O) groups is 1. The number of nitrogen functional groups attached to an aromatic ring is 1. The number of benzene rings is 1. The fraction of sp³-hybridized carbons (Fsp3) is 0.0909. The number of nitrogens with two attached hydrogens (primary N) is 1. The number of anilines is 1. The number of nitrogens with zero attached hydrogens (tertiary/aromatic N) is 1. The molecule has 0 fully saturated rings. The van der Waals surface area contributed by atoms with Gasteiger partial charge in [0, 0.05) is 5.56 Å². The minimum atomic E-state index is -1.11. The lowest BCUT2D eigenvalue weighted by Gasteiger charge is -2.02. The van der Waals surface area contributed by atoms with Crippen molar-refractivity contribution in [2.24, 2.45) is 0 Å². The van der Waals surface area contributed by atoms with Gasteiger partial charge in [0.1, 0.15) is 11.3 Å². The zero-order valence-electron chi connectivity index (χ0n) is 9.10. The van der Waals surface area contributed by atoms with Crippen LogP contribution in [0.25, 0.3) is 11.3 Å². The van der Waals surface area contributed by atoms with E-state index in [1.165, 1.54) is 0 Å². The normalized spacial score (nSPS) is 10.2. The summed E-state index contributed by atoms with van der Waals surface area (Å²) in [5.74, 6) is -0.441. The van der Waals surface area contributed by atoms with Crippen LogP contribution in [-0.4, -0.2) is 28.4 Å².